The van der Waals surface area contributed by atoms with Gasteiger partial charge in [-0.15, -0.1) is 0 Å². The van der Waals surface area contributed by atoms with Gasteiger partial charge in [0.1, 0.15) is 5.52 Å². The Kier molecular flexibility index (Phi) is 5.60. The SMILES string of the molecule is CC[C@H](C)c1ccc2oc(-c3ccc(NC(=O)c4ccc(C)c(Cl)c4)cc3)nc2c1. The Balaban J connectivity index is 1.53. The molecule has 1 heterocycles. The summed E-state index contributed by atoms with van der Waals surface area (Å²) in [5.41, 5.74) is 5.89. The van der Waals surface area contributed by atoms with Crippen molar-refractivity contribution in [3.8, 4) is 11.5 Å². The van der Waals surface area contributed by atoms with E-state index in [1.807, 2.05) is 43.3 Å². The summed E-state index contributed by atoms with van der Waals surface area (Å²) in [6.45, 7) is 6.29. The number of carbonyl (C=O) groups is 1. The lowest BCUT2D eigenvalue weighted by Gasteiger charge is -2.07. The van der Waals surface area contributed by atoms with E-state index >= 15 is 0 Å². The highest BCUT2D eigenvalue weighted by atomic mass is 35.5. The van der Waals surface area contributed by atoms with Gasteiger partial charge in [-0.2, -0.15) is 0 Å². The Labute approximate surface area is 180 Å². The van der Waals surface area contributed by atoms with Crippen molar-refractivity contribution in [2.45, 2.75) is 33.1 Å². The van der Waals surface area contributed by atoms with Crippen LogP contribution in [0.25, 0.3) is 22.6 Å². The highest BCUT2D eigenvalue weighted by molar-refractivity contribution is 6.31. The Hall–Kier alpha value is -3.11. The molecule has 0 fully saturated rings. The number of nitrogens with one attached hydrogen (secondary N) is 1. The molecule has 4 aromatic rings. The first-order chi connectivity index (χ1) is 14.4. The minimum Gasteiger partial charge on any atom is -0.436 e. The van der Waals surface area contributed by atoms with Crippen LogP contribution in [0.4, 0.5) is 5.69 Å². The summed E-state index contributed by atoms with van der Waals surface area (Å²) in [4.78, 5) is 17.1. The van der Waals surface area contributed by atoms with Gasteiger partial charge in [-0.1, -0.05) is 37.6 Å². The number of aryl methyl sites for hydroxylation is 1. The third-order valence-corrected chi connectivity index (χ3v) is 5.82. The molecule has 0 aliphatic rings. The Morgan fingerprint density at radius 3 is 2.57 bits per heavy atom. The first kappa shape index (κ1) is 20.2. The number of anilines is 1. The molecule has 4 rings (SSSR count). The average Bonchev–Trinajstić information content (AvgIpc) is 3.19. The maximum atomic E-state index is 12.5. The summed E-state index contributed by atoms with van der Waals surface area (Å²) in [7, 11) is 0. The number of amides is 1. The monoisotopic (exact) mass is 418 g/mol. The minimum atomic E-state index is -0.205. The molecule has 1 amide bonds. The number of hydrogen-bond acceptors (Lipinski definition) is 3. The summed E-state index contributed by atoms with van der Waals surface area (Å²) < 4.78 is 5.92. The summed E-state index contributed by atoms with van der Waals surface area (Å²) >= 11 is 6.12. The van der Waals surface area contributed by atoms with E-state index in [9.17, 15) is 4.79 Å². The highest BCUT2D eigenvalue weighted by Crippen LogP contribution is 2.28. The molecule has 4 nitrogen and oxygen atoms in total. The van der Waals surface area contributed by atoms with E-state index in [1.54, 1.807) is 12.1 Å². The van der Waals surface area contributed by atoms with Crippen molar-refractivity contribution in [1.82, 2.24) is 4.98 Å². The Morgan fingerprint density at radius 1 is 1.10 bits per heavy atom. The fraction of sp³-hybridized carbons (Fsp3) is 0.200. The van der Waals surface area contributed by atoms with E-state index in [-0.39, 0.29) is 5.91 Å². The molecule has 3 aromatic carbocycles. The molecule has 0 radical (unpaired) electrons. The van der Waals surface area contributed by atoms with Gasteiger partial charge in [0, 0.05) is 21.8 Å². The van der Waals surface area contributed by atoms with Crippen LogP contribution >= 0.6 is 11.6 Å². The zero-order valence-electron chi connectivity index (χ0n) is 17.2. The van der Waals surface area contributed by atoms with Gasteiger partial charge in [0.15, 0.2) is 5.58 Å². The summed E-state index contributed by atoms with van der Waals surface area (Å²) in [5, 5.41) is 3.46. The quantitative estimate of drug-likeness (QED) is 0.372. The Morgan fingerprint density at radius 2 is 1.87 bits per heavy atom. The van der Waals surface area contributed by atoms with Crippen molar-refractivity contribution >= 4 is 34.3 Å². The van der Waals surface area contributed by atoms with E-state index in [0.717, 1.165) is 28.6 Å². The largest absolute Gasteiger partial charge is 0.436 e. The van der Waals surface area contributed by atoms with Gasteiger partial charge in [0.25, 0.3) is 5.91 Å². The standard InChI is InChI=1S/C25H23ClN2O2/c1-4-15(2)18-9-12-23-22(14-18)28-25(30-23)17-7-10-20(11-8-17)27-24(29)19-6-5-16(3)21(26)13-19/h5-15H,4H2,1-3H3,(H,27,29)/t15-/m0/s1. The zero-order chi connectivity index (χ0) is 21.3. The molecule has 152 valence electrons. The van der Waals surface area contributed by atoms with Crippen LogP contribution in [0.15, 0.2) is 65.1 Å². The number of oxazole rings is 1. The molecule has 0 aliphatic heterocycles. The van der Waals surface area contributed by atoms with Crippen LogP contribution in [-0.2, 0) is 0 Å². The first-order valence-electron chi connectivity index (χ1n) is 10.0. The van der Waals surface area contributed by atoms with Crippen LogP contribution in [0.2, 0.25) is 5.02 Å². The van der Waals surface area contributed by atoms with Gasteiger partial charge in [0.2, 0.25) is 5.89 Å². The van der Waals surface area contributed by atoms with Crippen molar-refractivity contribution in [2.24, 2.45) is 0 Å². The number of carbonyl (C=O) groups excluding carboxylic acids is 1. The molecular weight excluding hydrogens is 396 g/mol. The summed E-state index contributed by atoms with van der Waals surface area (Å²) in [6.07, 6.45) is 1.08. The number of rotatable bonds is 5. The summed E-state index contributed by atoms with van der Waals surface area (Å²) in [6, 6.07) is 18.9. The van der Waals surface area contributed by atoms with E-state index in [0.29, 0.717) is 28.1 Å². The van der Waals surface area contributed by atoms with Gasteiger partial charge < -0.3 is 9.73 Å². The van der Waals surface area contributed by atoms with Gasteiger partial charge in [-0.05, 0) is 78.9 Å². The second kappa shape index (κ2) is 8.33. The summed E-state index contributed by atoms with van der Waals surface area (Å²) in [5.74, 6) is 0.847. The molecule has 1 aromatic heterocycles. The van der Waals surface area contributed by atoms with Crippen LogP contribution in [0, 0.1) is 6.92 Å². The number of fused-ring (bicyclic) bond motifs is 1. The first-order valence-corrected chi connectivity index (χ1v) is 10.4. The zero-order valence-corrected chi connectivity index (χ0v) is 18.0. The smallest absolute Gasteiger partial charge is 0.255 e. The topological polar surface area (TPSA) is 55.1 Å². The molecule has 0 saturated carbocycles. The number of halogens is 1. The normalized spacial score (nSPS) is 12.1. The predicted molar refractivity (Wildman–Crippen MR) is 122 cm³/mol. The van der Waals surface area contributed by atoms with Crippen molar-refractivity contribution in [3.63, 3.8) is 0 Å². The van der Waals surface area contributed by atoms with Gasteiger partial charge >= 0.3 is 0 Å². The van der Waals surface area contributed by atoms with Gasteiger partial charge in [0.05, 0.1) is 0 Å². The number of nitrogens with zero attached hydrogens (tertiary/aromatic N) is 1. The van der Waals surface area contributed by atoms with E-state index < -0.39 is 0 Å². The lowest BCUT2D eigenvalue weighted by molar-refractivity contribution is 0.102. The number of aromatic nitrogens is 1. The molecule has 1 atom stereocenters. The highest BCUT2D eigenvalue weighted by Gasteiger charge is 2.12. The molecule has 30 heavy (non-hydrogen) atoms. The molecule has 0 spiro atoms. The van der Waals surface area contributed by atoms with Crippen molar-refractivity contribution < 1.29 is 9.21 Å². The van der Waals surface area contributed by atoms with Gasteiger partial charge in [-0.3, -0.25) is 4.79 Å². The molecule has 5 heteroatoms. The average molecular weight is 419 g/mol. The van der Waals surface area contributed by atoms with E-state index in [2.05, 4.69) is 36.3 Å². The molecule has 0 bridgehead atoms. The van der Waals surface area contributed by atoms with E-state index in [4.69, 9.17) is 16.0 Å². The fourth-order valence-electron chi connectivity index (χ4n) is 3.24. The lowest BCUT2D eigenvalue weighted by atomic mass is 9.98. The second-order valence-electron chi connectivity index (χ2n) is 7.55. The molecule has 1 N–H and O–H groups in total. The van der Waals surface area contributed by atoms with Crippen molar-refractivity contribution in [1.29, 1.82) is 0 Å². The lowest BCUT2D eigenvalue weighted by Crippen LogP contribution is -2.11. The maximum absolute atomic E-state index is 12.5. The third-order valence-electron chi connectivity index (χ3n) is 5.42. The predicted octanol–water partition coefficient (Wildman–Crippen LogP) is 7.22. The van der Waals surface area contributed by atoms with Gasteiger partial charge in [-0.25, -0.2) is 4.98 Å². The molecule has 0 aliphatic carbocycles. The fourth-order valence-corrected chi connectivity index (χ4v) is 3.42. The van der Waals surface area contributed by atoms with Crippen molar-refractivity contribution in [2.75, 3.05) is 5.32 Å². The Bertz CT molecular complexity index is 1210. The van der Waals surface area contributed by atoms with Crippen LogP contribution < -0.4 is 5.32 Å². The second-order valence-corrected chi connectivity index (χ2v) is 7.96. The van der Waals surface area contributed by atoms with Crippen molar-refractivity contribution in [3.05, 3.63) is 82.4 Å². The van der Waals surface area contributed by atoms with E-state index in [1.165, 1.54) is 5.56 Å². The molecule has 0 saturated heterocycles. The van der Waals surface area contributed by atoms with Crippen LogP contribution in [-0.4, -0.2) is 10.9 Å². The molecule has 0 unspecified atom stereocenters. The third kappa shape index (κ3) is 4.10. The molecular formula is C25H23ClN2O2. The minimum absolute atomic E-state index is 0.205. The van der Waals surface area contributed by atoms with Crippen LogP contribution in [0.5, 0.6) is 0 Å². The number of benzene rings is 3. The van der Waals surface area contributed by atoms with Crippen LogP contribution in [0.1, 0.15) is 47.7 Å². The number of hydrogen-bond donors (Lipinski definition) is 1. The maximum Gasteiger partial charge on any atom is 0.255 e. The van der Waals surface area contributed by atoms with Crippen LogP contribution in [0.3, 0.4) is 0 Å².